The minimum absolute atomic E-state index is 0.369. The first kappa shape index (κ1) is 30.4. The Labute approximate surface area is 276 Å². The first-order chi connectivity index (χ1) is 22.0. The van der Waals surface area contributed by atoms with E-state index in [1.165, 1.54) is 40.0 Å². The third kappa shape index (κ3) is 7.06. The summed E-state index contributed by atoms with van der Waals surface area (Å²) in [6.45, 7) is 1.74. The molecule has 7 rings (SSSR count). The van der Waals surface area contributed by atoms with Gasteiger partial charge in [-0.25, -0.2) is 4.79 Å². The van der Waals surface area contributed by atoms with Gasteiger partial charge in [0.2, 0.25) is 0 Å². The Bertz CT molecular complexity index is 2070. The van der Waals surface area contributed by atoms with E-state index in [0.717, 1.165) is 28.7 Å². The zero-order valence-corrected chi connectivity index (χ0v) is 27.2. The summed E-state index contributed by atoms with van der Waals surface area (Å²) < 4.78 is 10.6. The fourth-order valence-corrected chi connectivity index (χ4v) is 6.33. The second-order valence-corrected chi connectivity index (χ2v) is 12.1. The number of carbonyl (C=O) groups excluding carboxylic acids is 1. The molecule has 6 heteroatoms. The molecule has 4 nitrogen and oxygen atoms in total. The van der Waals surface area contributed by atoms with Crippen molar-refractivity contribution in [3.05, 3.63) is 177 Å². The summed E-state index contributed by atoms with van der Waals surface area (Å²) in [5.41, 5.74) is 7.60. The van der Waals surface area contributed by atoms with E-state index >= 15 is 0 Å². The molecule has 0 saturated carbocycles. The van der Waals surface area contributed by atoms with Crippen molar-refractivity contribution < 1.29 is 9.53 Å². The lowest BCUT2D eigenvalue weighted by Crippen LogP contribution is -2.06. The quantitative estimate of drug-likeness (QED) is 0.158. The van der Waals surface area contributed by atoms with Gasteiger partial charge < -0.3 is 13.9 Å². The zero-order valence-electron chi connectivity index (χ0n) is 24.9. The molecule has 0 fully saturated rings. The van der Waals surface area contributed by atoms with Crippen LogP contribution in [0.15, 0.2) is 144 Å². The SMILES string of the molecule is Brc1cccc2c1ccn2Cc1ccccc1.COC(=O)c1cc(Cl)ccc1Cc1cccc2c1ccn2Cc1ccccc1. The number of fused-ring (bicyclic) bond motifs is 2. The van der Waals surface area contributed by atoms with Gasteiger partial charge in [-0.05, 0) is 71.1 Å². The molecule has 45 heavy (non-hydrogen) atoms. The summed E-state index contributed by atoms with van der Waals surface area (Å²) in [4.78, 5) is 12.2. The zero-order chi connectivity index (χ0) is 31.2. The smallest absolute Gasteiger partial charge is 0.338 e. The first-order valence-corrected chi connectivity index (χ1v) is 15.9. The van der Waals surface area contributed by atoms with Crippen molar-refractivity contribution in [1.82, 2.24) is 9.13 Å². The molecule has 0 atom stereocenters. The minimum atomic E-state index is -0.369. The van der Waals surface area contributed by atoms with Crippen LogP contribution in [0.2, 0.25) is 5.02 Å². The molecular weight excluding hydrogens is 644 g/mol. The van der Waals surface area contributed by atoms with E-state index in [4.69, 9.17) is 16.3 Å². The van der Waals surface area contributed by atoms with E-state index < -0.39 is 0 Å². The Morgan fingerprint density at radius 1 is 0.667 bits per heavy atom. The van der Waals surface area contributed by atoms with Gasteiger partial charge in [0.1, 0.15) is 0 Å². The molecule has 0 saturated heterocycles. The number of benzene rings is 5. The van der Waals surface area contributed by atoms with Gasteiger partial charge in [0.05, 0.1) is 12.7 Å². The highest BCUT2D eigenvalue weighted by Crippen LogP contribution is 2.27. The van der Waals surface area contributed by atoms with Crippen molar-refractivity contribution in [3.8, 4) is 0 Å². The molecule has 2 aromatic heterocycles. The van der Waals surface area contributed by atoms with Crippen molar-refractivity contribution in [2.75, 3.05) is 7.11 Å². The summed E-state index contributed by atoms with van der Waals surface area (Å²) in [5, 5.41) is 2.98. The third-order valence-corrected chi connectivity index (χ3v) is 8.84. The molecule has 2 heterocycles. The molecule has 0 aliphatic rings. The molecule has 0 radical (unpaired) electrons. The van der Waals surface area contributed by atoms with Crippen LogP contribution in [-0.4, -0.2) is 22.2 Å². The van der Waals surface area contributed by atoms with Crippen molar-refractivity contribution in [2.24, 2.45) is 0 Å². The van der Waals surface area contributed by atoms with Gasteiger partial charge in [0, 0.05) is 56.8 Å². The third-order valence-electron chi connectivity index (χ3n) is 7.91. The van der Waals surface area contributed by atoms with Gasteiger partial charge in [-0.2, -0.15) is 0 Å². The average Bonchev–Trinajstić information content (AvgIpc) is 3.68. The molecule has 0 spiro atoms. The summed E-state index contributed by atoms with van der Waals surface area (Å²) in [7, 11) is 1.39. The van der Waals surface area contributed by atoms with Gasteiger partial charge in [0.25, 0.3) is 0 Å². The molecule has 0 aliphatic carbocycles. The number of hydrogen-bond acceptors (Lipinski definition) is 2. The van der Waals surface area contributed by atoms with E-state index in [9.17, 15) is 4.79 Å². The van der Waals surface area contributed by atoms with E-state index in [0.29, 0.717) is 17.0 Å². The number of ether oxygens (including phenoxy) is 1. The normalized spacial score (nSPS) is 10.9. The maximum Gasteiger partial charge on any atom is 0.338 e. The molecule has 5 aromatic carbocycles. The number of esters is 1. The number of nitrogens with zero attached hydrogens (tertiary/aromatic N) is 2. The Balaban J connectivity index is 0.000000179. The Kier molecular flexibility index (Phi) is 9.49. The number of carbonyl (C=O) groups is 1. The number of halogens is 2. The monoisotopic (exact) mass is 674 g/mol. The minimum Gasteiger partial charge on any atom is -0.465 e. The lowest BCUT2D eigenvalue weighted by Gasteiger charge is -2.11. The van der Waals surface area contributed by atoms with Crippen LogP contribution in [0, 0.1) is 0 Å². The average molecular weight is 676 g/mol. The van der Waals surface area contributed by atoms with Crippen molar-refractivity contribution >= 4 is 55.3 Å². The van der Waals surface area contributed by atoms with Crippen LogP contribution in [0.1, 0.15) is 32.6 Å². The van der Waals surface area contributed by atoms with E-state index in [1.54, 1.807) is 6.07 Å². The first-order valence-electron chi connectivity index (χ1n) is 14.7. The Hall–Kier alpha value is -4.58. The Morgan fingerprint density at radius 2 is 1.24 bits per heavy atom. The van der Waals surface area contributed by atoms with Crippen LogP contribution < -0.4 is 0 Å². The van der Waals surface area contributed by atoms with Crippen LogP contribution in [0.25, 0.3) is 21.8 Å². The largest absolute Gasteiger partial charge is 0.465 e. The number of rotatable bonds is 7. The van der Waals surface area contributed by atoms with Crippen LogP contribution in [-0.2, 0) is 24.2 Å². The molecule has 0 aliphatic heterocycles. The summed E-state index contributed by atoms with van der Waals surface area (Å²) in [6, 6.07) is 43.2. The van der Waals surface area contributed by atoms with E-state index in [2.05, 4.69) is 135 Å². The topological polar surface area (TPSA) is 36.2 Å². The Morgan fingerprint density at radius 3 is 1.87 bits per heavy atom. The van der Waals surface area contributed by atoms with Crippen LogP contribution in [0.3, 0.4) is 0 Å². The standard InChI is InChI=1S/C24H20ClNO2.C15H12BrN/c1-28-24(27)22-15-20(25)11-10-19(22)14-18-8-5-9-23-21(18)12-13-26(23)16-17-6-3-2-4-7-17;16-14-7-4-8-15-13(14)9-10-17(15)11-12-5-2-1-3-6-12/h2-13,15H,14,16H2,1H3;1-10H,11H2. The predicted molar refractivity (Wildman–Crippen MR) is 188 cm³/mol. The summed E-state index contributed by atoms with van der Waals surface area (Å²) in [5.74, 6) is -0.369. The lowest BCUT2D eigenvalue weighted by molar-refractivity contribution is 0.0599. The molecular formula is C39H32BrClN2O2. The fourth-order valence-electron chi connectivity index (χ4n) is 5.67. The van der Waals surface area contributed by atoms with Gasteiger partial charge >= 0.3 is 5.97 Å². The van der Waals surface area contributed by atoms with Gasteiger partial charge in [-0.3, -0.25) is 0 Å². The van der Waals surface area contributed by atoms with E-state index in [1.807, 2.05) is 24.3 Å². The highest BCUT2D eigenvalue weighted by Gasteiger charge is 2.15. The number of methoxy groups -OCH3 is 1. The van der Waals surface area contributed by atoms with Crippen molar-refractivity contribution in [3.63, 3.8) is 0 Å². The predicted octanol–water partition coefficient (Wildman–Crippen LogP) is 10.2. The molecule has 0 N–H and O–H groups in total. The molecule has 0 unspecified atom stereocenters. The van der Waals surface area contributed by atoms with Gasteiger partial charge in [0.15, 0.2) is 0 Å². The van der Waals surface area contributed by atoms with Crippen LogP contribution >= 0.6 is 27.5 Å². The number of hydrogen-bond donors (Lipinski definition) is 0. The lowest BCUT2D eigenvalue weighted by atomic mass is 9.97. The van der Waals surface area contributed by atoms with Crippen LogP contribution in [0.5, 0.6) is 0 Å². The summed E-state index contributed by atoms with van der Waals surface area (Å²) >= 11 is 9.67. The molecule has 7 aromatic rings. The van der Waals surface area contributed by atoms with Gasteiger partial charge in [-0.1, -0.05) is 112 Å². The number of aromatic nitrogens is 2. The van der Waals surface area contributed by atoms with Crippen molar-refractivity contribution in [2.45, 2.75) is 19.5 Å². The second-order valence-electron chi connectivity index (χ2n) is 10.9. The second kappa shape index (κ2) is 14.0. The maximum absolute atomic E-state index is 12.2. The van der Waals surface area contributed by atoms with Gasteiger partial charge in [-0.15, -0.1) is 0 Å². The summed E-state index contributed by atoms with van der Waals surface area (Å²) in [6.07, 6.45) is 4.89. The highest BCUT2D eigenvalue weighted by molar-refractivity contribution is 9.10. The molecule has 224 valence electrons. The highest BCUT2D eigenvalue weighted by atomic mass is 79.9. The molecule has 0 amide bonds. The van der Waals surface area contributed by atoms with Crippen molar-refractivity contribution in [1.29, 1.82) is 0 Å². The van der Waals surface area contributed by atoms with Crippen LogP contribution in [0.4, 0.5) is 0 Å². The maximum atomic E-state index is 12.2. The molecule has 0 bridgehead atoms. The fraction of sp³-hybridized carbons (Fsp3) is 0.103. The van der Waals surface area contributed by atoms with E-state index in [-0.39, 0.29) is 5.97 Å².